The minimum absolute atomic E-state index is 0.103. The molecular weight excluding hydrogens is 234 g/mol. The second-order valence-electron chi connectivity index (χ2n) is 4.57. The fourth-order valence-corrected chi connectivity index (χ4v) is 3.12. The number of carbonyl (C=O) groups excluding carboxylic acids is 1. The summed E-state index contributed by atoms with van der Waals surface area (Å²) < 4.78 is 4.96. The van der Waals surface area contributed by atoms with E-state index in [1.54, 1.807) is 11.3 Å². The number of carbonyl (C=O) groups is 1. The summed E-state index contributed by atoms with van der Waals surface area (Å²) in [7, 11) is 1.48. The molecule has 1 heterocycles. The van der Waals surface area contributed by atoms with Crippen molar-refractivity contribution in [3.8, 4) is 0 Å². The van der Waals surface area contributed by atoms with Crippen LogP contribution in [-0.4, -0.2) is 18.6 Å². The molecule has 0 atom stereocenters. The summed E-state index contributed by atoms with van der Waals surface area (Å²) in [6.07, 6.45) is 5.22. The topological polar surface area (TPSA) is 38.3 Å². The Labute approximate surface area is 106 Å². The van der Waals surface area contributed by atoms with Crippen LogP contribution in [-0.2, 0) is 16.1 Å². The van der Waals surface area contributed by atoms with Gasteiger partial charge in [-0.25, -0.2) is 0 Å². The minimum atomic E-state index is -0.447. The Bertz CT molecular complexity index is 356. The average Bonchev–Trinajstić information content (AvgIpc) is 2.89. The molecule has 1 aliphatic rings. The van der Waals surface area contributed by atoms with Crippen LogP contribution in [0.3, 0.4) is 0 Å². The highest BCUT2D eigenvalue weighted by Gasteiger charge is 2.39. The fourth-order valence-electron chi connectivity index (χ4n) is 2.47. The summed E-state index contributed by atoms with van der Waals surface area (Å²) in [5.74, 6) is -0.103. The lowest BCUT2D eigenvalue weighted by Crippen LogP contribution is -2.53. The molecule has 0 aliphatic heterocycles. The lowest BCUT2D eigenvalue weighted by atomic mass is 9.81. The van der Waals surface area contributed by atoms with Crippen LogP contribution in [0.2, 0.25) is 0 Å². The van der Waals surface area contributed by atoms with E-state index in [9.17, 15) is 4.79 Å². The zero-order valence-corrected chi connectivity index (χ0v) is 11.0. The van der Waals surface area contributed by atoms with Crippen LogP contribution in [0.5, 0.6) is 0 Å². The molecule has 1 N–H and O–H groups in total. The van der Waals surface area contributed by atoms with E-state index in [0.29, 0.717) is 0 Å². The third-order valence-corrected chi connectivity index (χ3v) is 4.34. The molecule has 1 saturated carbocycles. The quantitative estimate of drug-likeness (QED) is 0.838. The lowest BCUT2D eigenvalue weighted by molar-refractivity contribution is -0.150. The van der Waals surface area contributed by atoms with Crippen molar-refractivity contribution in [3.63, 3.8) is 0 Å². The second-order valence-corrected chi connectivity index (χ2v) is 5.60. The van der Waals surface area contributed by atoms with Gasteiger partial charge in [-0.2, -0.15) is 0 Å². The van der Waals surface area contributed by atoms with Gasteiger partial charge in [0.05, 0.1) is 7.11 Å². The van der Waals surface area contributed by atoms with Gasteiger partial charge in [-0.15, -0.1) is 11.3 Å². The Hall–Kier alpha value is -0.870. The van der Waals surface area contributed by atoms with Gasteiger partial charge in [0.2, 0.25) is 0 Å². The molecule has 0 unspecified atom stereocenters. The molecule has 3 nitrogen and oxygen atoms in total. The molecule has 0 aromatic carbocycles. The number of nitrogens with one attached hydrogen (secondary N) is 1. The average molecular weight is 253 g/mol. The van der Waals surface area contributed by atoms with Crippen LogP contribution in [0, 0.1) is 0 Å². The van der Waals surface area contributed by atoms with Gasteiger partial charge < -0.3 is 4.74 Å². The third-order valence-electron chi connectivity index (χ3n) is 3.46. The molecule has 4 heteroatoms. The summed E-state index contributed by atoms with van der Waals surface area (Å²) in [6.45, 7) is 0.757. The Kier molecular flexibility index (Phi) is 4.18. The smallest absolute Gasteiger partial charge is 0.326 e. The van der Waals surface area contributed by atoms with Crippen molar-refractivity contribution < 1.29 is 9.53 Å². The zero-order chi connectivity index (χ0) is 12.1. The predicted octanol–water partition coefficient (Wildman–Crippen LogP) is 2.71. The highest BCUT2D eigenvalue weighted by atomic mass is 32.1. The summed E-state index contributed by atoms with van der Waals surface area (Å²) >= 11 is 1.71. The Morgan fingerprint density at radius 2 is 2.24 bits per heavy atom. The van der Waals surface area contributed by atoms with Gasteiger partial charge in [0.25, 0.3) is 0 Å². The van der Waals surface area contributed by atoms with Gasteiger partial charge in [0, 0.05) is 11.4 Å². The molecule has 1 aromatic heterocycles. The van der Waals surface area contributed by atoms with Gasteiger partial charge in [-0.3, -0.25) is 10.1 Å². The first-order valence-electron chi connectivity index (χ1n) is 6.13. The van der Waals surface area contributed by atoms with Gasteiger partial charge >= 0.3 is 5.97 Å². The fraction of sp³-hybridized carbons (Fsp3) is 0.615. The molecule has 94 valence electrons. The first-order valence-corrected chi connectivity index (χ1v) is 7.01. The number of hydrogen-bond donors (Lipinski definition) is 1. The van der Waals surface area contributed by atoms with E-state index in [2.05, 4.69) is 16.8 Å². The number of hydrogen-bond acceptors (Lipinski definition) is 4. The maximum atomic E-state index is 12.0. The van der Waals surface area contributed by atoms with Crippen LogP contribution < -0.4 is 5.32 Å². The SMILES string of the molecule is COC(=O)C1(NCc2cccs2)CCCCC1. The van der Waals surface area contributed by atoms with Crippen LogP contribution in [0.4, 0.5) is 0 Å². The molecule has 0 spiro atoms. The van der Waals surface area contributed by atoms with Crippen LogP contribution >= 0.6 is 11.3 Å². The first kappa shape index (κ1) is 12.6. The molecule has 17 heavy (non-hydrogen) atoms. The lowest BCUT2D eigenvalue weighted by Gasteiger charge is -2.35. The number of rotatable bonds is 4. The van der Waals surface area contributed by atoms with E-state index in [0.717, 1.165) is 32.2 Å². The largest absolute Gasteiger partial charge is 0.468 e. The van der Waals surface area contributed by atoms with Crippen molar-refractivity contribution in [1.82, 2.24) is 5.32 Å². The minimum Gasteiger partial charge on any atom is -0.468 e. The van der Waals surface area contributed by atoms with Crippen molar-refractivity contribution in [2.75, 3.05) is 7.11 Å². The highest BCUT2D eigenvalue weighted by Crippen LogP contribution is 2.30. The van der Waals surface area contributed by atoms with E-state index in [4.69, 9.17) is 4.74 Å². The van der Waals surface area contributed by atoms with Gasteiger partial charge in [0.15, 0.2) is 0 Å². The number of methoxy groups -OCH3 is 1. The van der Waals surface area contributed by atoms with E-state index < -0.39 is 5.54 Å². The number of esters is 1. The molecular formula is C13H19NO2S. The number of thiophene rings is 1. The van der Waals surface area contributed by atoms with Crippen molar-refractivity contribution >= 4 is 17.3 Å². The molecule has 1 aliphatic carbocycles. The zero-order valence-electron chi connectivity index (χ0n) is 10.2. The summed E-state index contributed by atoms with van der Waals surface area (Å²) in [4.78, 5) is 13.2. The monoisotopic (exact) mass is 253 g/mol. The Balaban J connectivity index is 2.02. The molecule has 1 aromatic rings. The van der Waals surface area contributed by atoms with Crippen LogP contribution in [0.1, 0.15) is 37.0 Å². The van der Waals surface area contributed by atoms with Gasteiger partial charge in [0.1, 0.15) is 5.54 Å². The van der Waals surface area contributed by atoms with E-state index >= 15 is 0 Å². The van der Waals surface area contributed by atoms with E-state index in [-0.39, 0.29) is 5.97 Å². The van der Waals surface area contributed by atoms with Crippen molar-refractivity contribution in [2.24, 2.45) is 0 Å². The Morgan fingerprint density at radius 1 is 1.47 bits per heavy atom. The summed E-state index contributed by atoms with van der Waals surface area (Å²) in [5, 5.41) is 5.48. The van der Waals surface area contributed by atoms with E-state index in [1.165, 1.54) is 18.4 Å². The first-order chi connectivity index (χ1) is 8.27. The van der Waals surface area contributed by atoms with Gasteiger partial charge in [-0.1, -0.05) is 25.3 Å². The highest BCUT2D eigenvalue weighted by molar-refractivity contribution is 7.09. The van der Waals surface area contributed by atoms with Crippen LogP contribution in [0.15, 0.2) is 17.5 Å². The molecule has 0 radical (unpaired) electrons. The molecule has 1 fully saturated rings. The van der Waals surface area contributed by atoms with Crippen molar-refractivity contribution in [1.29, 1.82) is 0 Å². The molecule has 0 saturated heterocycles. The predicted molar refractivity (Wildman–Crippen MR) is 69.0 cm³/mol. The molecule has 0 amide bonds. The van der Waals surface area contributed by atoms with Crippen molar-refractivity contribution in [2.45, 2.75) is 44.2 Å². The summed E-state index contributed by atoms with van der Waals surface area (Å²) in [5.41, 5.74) is -0.447. The number of ether oxygens (including phenoxy) is 1. The summed E-state index contributed by atoms with van der Waals surface area (Å²) in [6, 6.07) is 4.12. The van der Waals surface area contributed by atoms with Gasteiger partial charge in [-0.05, 0) is 24.3 Å². The molecule has 2 rings (SSSR count). The van der Waals surface area contributed by atoms with E-state index in [1.807, 2.05) is 6.07 Å². The maximum Gasteiger partial charge on any atom is 0.326 e. The van der Waals surface area contributed by atoms with Crippen molar-refractivity contribution in [3.05, 3.63) is 22.4 Å². The van der Waals surface area contributed by atoms with Crippen LogP contribution in [0.25, 0.3) is 0 Å². The maximum absolute atomic E-state index is 12.0. The molecule has 0 bridgehead atoms. The third kappa shape index (κ3) is 2.87. The normalized spacial score (nSPS) is 18.9. The second kappa shape index (κ2) is 5.65. The Morgan fingerprint density at radius 3 is 2.82 bits per heavy atom. The standard InChI is InChI=1S/C13H19NO2S/c1-16-12(15)13(7-3-2-4-8-13)14-10-11-6-5-9-17-11/h5-6,9,14H,2-4,7-8,10H2,1H3.